The Morgan fingerprint density at radius 3 is 2.69 bits per heavy atom. The number of carboxylic acids is 1. The topological polar surface area (TPSA) is 40.5 Å². The second kappa shape index (κ2) is 3.66. The normalized spacial score (nSPS) is 28.7. The quantitative estimate of drug-likeness (QED) is 0.710. The second-order valence-electron chi connectivity index (χ2n) is 4.42. The lowest BCUT2D eigenvalue weighted by Gasteiger charge is -2.44. The molecule has 0 aromatic carbocycles. The van der Waals surface area contributed by atoms with Crippen LogP contribution in [0.2, 0.25) is 0 Å². The molecule has 1 rings (SSSR count). The van der Waals surface area contributed by atoms with Crippen molar-refractivity contribution in [3.8, 4) is 0 Å². The predicted molar refractivity (Wildman–Crippen MR) is 51.7 cm³/mol. The van der Waals surface area contributed by atoms with Gasteiger partial charge in [-0.1, -0.05) is 6.92 Å². The largest absolute Gasteiger partial charge is 0.481 e. The number of hydrogen-bond donors (Lipinski definition) is 1. The molecule has 1 heterocycles. The zero-order chi connectivity index (χ0) is 10.1. The van der Waals surface area contributed by atoms with Crippen LogP contribution in [0.5, 0.6) is 0 Å². The van der Waals surface area contributed by atoms with Gasteiger partial charge in [-0.15, -0.1) is 0 Å². The van der Waals surface area contributed by atoms with Crippen LogP contribution in [0.25, 0.3) is 0 Å². The molecule has 1 atom stereocenters. The van der Waals surface area contributed by atoms with E-state index in [1.54, 1.807) is 0 Å². The molecule has 0 spiro atoms. The lowest BCUT2D eigenvalue weighted by atomic mass is 9.85. The van der Waals surface area contributed by atoms with E-state index in [1.165, 1.54) is 0 Å². The maximum atomic E-state index is 10.8. The van der Waals surface area contributed by atoms with E-state index >= 15 is 0 Å². The van der Waals surface area contributed by atoms with Gasteiger partial charge in [-0.3, -0.25) is 9.69 Å². The monoisotopic (exact) mass is 185 g/mol. The lowest BCUT2D eigenvalue weighted by Crippen LogP contribution is -2.51. The summed E-state index contributed by atoms with van der Waals surface area (Å²) < 4.78 is 0. The average Bonchev–Trinajstić information content (AvgIpc) is 2.03. The zero-order valence-electron chi connectivity index (χ0n) is 8.71. The van der Waals surface area contributed by atoms with Gasteiger partial charge in [-0.05, 0) is 33.2 Å². The minimum absolute atomic E-state index is 0.159. The van der Waals surface area contributed by atoms with Crippen molar-refractivity contribution < 1.29 is 9.90 Å². The van der Waals surface area contributed by atoms with Crippen molar-refractivity contribution in [1.29, 1.82) is 0 Å². The molecule has 3 nitrogen and oxygen atoms in total. The van der Waals surface area contributed by atoms with E-state index in [9.17, 15) is 4.79 Å². The van der Waals surface area contributed by atoms with Crippen LogP contribution in [-0.2, 0) is 4.79 Å². The van der Waals surface area contributed by atoms with Crippen LogP contribution in [-0.4, -0.2) is 34.6 Å². The van der Waals surface area contributed by atoms with Gasteiger partial charge in [0.1, 0.15) is 0 Å². The predicted octanol–water partition coefficient (Wildman–Crippen LogP) is 1.58. The third-order valence-electron chi connectivity index (χ3n) is 3.13. The van der Waals surface area contributed by atoms with E-state index in [2.05, 4.69) is 25.7 Å². The van der Waals surface area contributed by atoms with Crippen LogP contribution >= 0.6 is 0 Å². The molecule has 1 unspecified atom stereocenters. The highest BCUT2D eigenvalue weighted by Crippen LogP contribution is 2.30. The van der Waals surface area contributed by atoms with Crippen LogP contribution in [0, 0.1) is 5.92 Å². The first-order valence-corrected chi connectivity index (χ1v) is 4.95. The fraction of sp³-hybridized carbons (Fsp3) is 0.900. The van der Waals surface area contributed by atoms with Crippen LogP contribution in [0.3, 0.4) is 0 Å². The third kappa shape index (κ3) is 2.21. The number of rotatable bonds is 2. The van der Waals surface area contributed by atoms with Crippen molar-refractivity contribution in [1.82, 2.24) is 4.90 Å². The Bertz CT molecular complexity index is 201. The highest BCUT2D eigenvalue weighted by Gasteiger charge is 2.35. The Morgan fingerprint density at radius 2 is 2.23 bits per heavy atom. The summed E-state index contributed by atoms with van der Waals surface area (Å²) >= 11 is 0. The first-order chi connectivity index (χ1) is 5.97. The maximum absolute atomic E-state index is 10.8. The standard InChI is InChI=1S/C10H19NO2/c1-4-11-7-8(9(12)13)5-6-10(11,2)3/h8H,4-7H2,1-3H3,(H,12,13). The number of piperidine rings is 1. The molecule has 0 aliphatic carbocycles. The molecule has 13 heavy (non-hydrogen) atoms. The minimum atomic E-state index is -0.644. The van der Waals surface area contributed by atoms with Gasteiger partial charge in [0.2, 0.25) is 0 Å². The Kier molecular flexibility index (Phi) is 2.96. The van der Waals surface area contributed by atoms with Crippen LogP contribution in [0.15, 0.2) is 0 Å². The molecule has 1 fully saturated rings. The molecule has 1 saturated heterocycles. The highest BCUT2D eigenvalue weighted by atomic mass is 16.4. The lowest BCUT2D eigenvalue weighted by molar-refractivity contribution is -0.145. The van der Waals surface area contributed by atoms with Crippen molar-refractivity contribution in [2.24, 2.45) is 5.92 Å². The van der Waals surface area contributed by atoms with E-state index < -0.39 is 5.97 Å². The van der Waals surface area contributed by atoms with Crippen molar-refractivity contribution >= 4 is 5.97 Å². The van der Waals surface area contributed by atoms with E-state index in [0.717, 1.165) is 19.4 Å². The molecule has 0 aromatic heterocycles. The molecule has 0 aromatic rings. The third-order valence-corrected chi connectivity index (χ3v) is 3.13. The number of aliphatic carboxylic acids is 1. The SMILES string of the molecule is CCN1CC(C(=O)O)CCC1(C)C. The van der Waals surface area contributed by atoms with Gasteiger partial charge < -0.3 is 5.11 Å². The number of likely N-dealkylation sites (tertiary alicyclic amines) is 1. The van der Waals surface area contributed by atoms with Crippen molar-refractivity contribution in [3.63, 3.8) is 0 Å². The molecule has 0 radical (unpaired) electrons. The first-order valence-electron chi connectivity index (χ1n) is 4.95. The number of carboxylic acid groups (broad SMARTS) is 1. The second-order valence-corrected chi connectivity index (χ2v) is 4.42. The summed E-state index contributed by atoms with van der Waals surface area (Å²) in [7, 11) is 0. The molecule has 1 N–H and O–H groups in total. The minimum Gasteiger partial charge on any atom is -0.481 e. The Morgan fingerprint density at radius 1 is 1.62 bits per heavy atom. The van der Waals surface area contributed by atoms with Gasteiger partial charge in [0.05, 0.1) is 5.92 Å². The fourth-order valence-electron chi connectivity index (χ4n) is 2.05. The van der Waals surface area contributed by atoms with Crippen LogP contribution in [0.1, 0.15) is 33.6 Å². The van der Waals surface area contributed by atoms with Gasteiger partial charge >= 0.3 is 5.97 Å². The molecule has 76 valence electrons. The average molecular weight is 185 g/mol. The molecular formula is C10H19NO2. The summed E-state index contributed by atoms with van der Waals surface area (Å²) in [4.78, 5) is 13.1. The molecule has 1 aliphatic rings. The molecule has 0 bridgehead atoms. The van der Waals surface area contributed by atoms with Crippen LogP contribution < -0.4 is 0 Å². The Hall–Kier alpha value is -0.570. The Balaban J connectivity index is 2.63. The summed E-state index contributed by atoms with van der Waals surface area (Å²) in [5.74, 6) is -0.804. The van der Waals surface area contributed by atoms with E-state index in [4.69, 9.17) is 5.11 Å². The van der Waals surface area contributed by atoms with Gasteiger partial charge in [-0.25, -0.2) is 0 Å². The zero-order valence-corrected chi connectivity index (χ0v) is 8.71. The molecule has 0 amide bonds. The summed E-state index contributed by atoms with van der Waals surface area (Å²) in [5, 5.41) is 8.90. The van der Waals surface area contributed by atoms with E-state index in [1.807, 2.05) is 0 Å². The first kappa shape index (κ1) is 10.5. The van der Waals surface area contributed by atoms with Crippen molar-refractivity contribution in [2.75, 3.05) is 13.1 Å². The van der Waals surface area contributed by atoms with Gasteiger partial charge in [0.15, 0.2) is 0 Å². The molecule has 0 saturated carbocycles. The summed E-state index contributed by atoms with van der Waals surface area (Å²) in [6.45, 7) is 8.12. The molecular weight excluding hydrogens is 166 g/mol. The van der Waals surface area contributed by atoms with Gasteiger partial charge in [0, 0.05) is 12.1 Å². The van der Waals surface area contributed by atoms with Gasteiger partial charge in [-0.2, -0.15) is 0 Å². The summed E-state index contributed by atoms with van der Waals surface area (Å²) in [6.07, 6.45) is 1.80. The molecule has 1 aliphatic heterocycles. The number of hydrogen-bond acceptors (Lipinski definition) is 2. The number of carbonyl (C=O) groups is 1. The fourth-order valence-corrected chi connectivity index (χ4v) is 2.05. The smallest absolute Gasteiger partial charge is 0.307 e. The number of nitrogens with zero attached hydrogens (tertiary/aromatic N) is 1. The van der Waals surface area contributed by atoms with Gasteiger partial charge in [0.25, 0.3) is 0 Å². The van der Waals surface area contributed by atoms with E-state index in [-0.39, 0.29) is 11.5 Å². The van der Waals surface area contributed by atoms with E-state index in [0.29, 0.717) is 6.54 Å². The highest BCUT2D eigenvalue weighted by molar-refractivity contribution is 5.70. The van der Waals surface area contributed by atoms with Crippen LogP contribution in [0.4, 0.5) is 0 Å². The maximum Gasteiger partial charge on any atom is 0.307 e. The summed E-state index contributed by atoms with van der Waals surface area (Å²) in [5.41, 5.74) is 0.181. The van der Waals surface area contributed by atoms with Crippen molar-refractivity contribution in [3.05, 3.63) is 0 Å². The molecule has 3 heteroatoms. The van der Waals surface area contributed by atoms with Crippen molar-refractivity contribution in [2.45, 2.75) is 39.2 Å². The Labute approximate surface area is 79.7 Å². The summed E-state index contributed by atoms with van der Waals surface area (Å²) in [6, 6.07) is 0.